The van der Waals surface area contributed by atoms with Crippen LogP contribution in [-0.2, 0) is 0 Å². The maximum absolute atomic E-state index is 13.0. The van der Waals surface area contributed by atoms with Crippen molar-refractivity contribution in [3.63, 3.8) is 0 Å². The Bertz CT molecular complexity index is 851. The van der Waals surface area contributed by atoms with Gasteiger partial charge in [0.2, 0.25) is 10.1 Å². The normalized spacial score (nSPS) is 17.2. The fourth-order valence-corrected chi connectivity index (χ4v) is 4.00. The van der Waals surface area contributed by atoms with Gasteiger partial charge in [-0.3, -0.25) is 0 Å². The van der Waals surface area contributed by atoms with E-state index in [0.29, 0.717) is 0 Å². The third kappa shape index (κ3) is 3.14. The van der Waals surface area contributed by atoms with E-state index >= 15 is 0 Å². The molecule has 4 rings (SSSR count). The molecule has 2 aromatic heterocycles. The molecule has 2 heterocycles. The van der Waals surface area contributed by atoms with E-state index in [-0.39, 0.29) is 23.3 Å². The second-order valence-corrected chi connectivity index (χ2v) is 8.13. The number of nitrogens with zero attached hydrogens (tertiary/aromatic N) is 3. The van der Waals surface area contributed by atoms with Gasteiger partial charge in [0.1, 0.15) is 5.82 Å². The number of hydrogen-bond acceptors (Lipinski definition) is 5. The van der Waals surface area contributed by atoms with Crippen molar-refractivity contribution in [2.75, 3.05) is 11.9 Å². The summed E-state index contributed by atoms with van der Waals surface area (Å²) in [6.45, 7) is 4.84. The zero-order chi connectivity index (χ0) is 17.6. The molecule has 0 saturated heterocycles. The van der Waals surface area contributed by atoms with Crippen LogP contribution in [0, 0.1) is 17.2 Å². The van der Waals surface area contributed by atoms with Crippen LogP contribution in [0.25, 0.3) is 16.2 Å². The molecule has 0 amide bonds. The first kappa shape index (κ1) is 16.5. The molecule has 7 heteroatoms. The average molecular weight is 360 g/mol. The van der Waals surface area contributed by atoms with Crippen LogP contribution in [-0.4, -0.2) is 32.4 Å². The number of anilines is 1. The Morgan fingerprint density at radius 3 is 2.64 bits per heavy atom. The molecule has 1 aromatic carbocycles. The van der Waals surface area contributed by atoms with Gasteiger partial charge in [0.25, 0.3) is 0 Å². The van der Waals surface area contributed by atoms with Gasteiger partial charge in [0.15, 0.2) is 0 Å². The Labute approximate surface area is 149 Å². The molecule has 1 unspecified atom stereocenters. The topological polar surface area (TPSA) is 62.5 Å². The molecule has 0 radical (unpaired) electrons. The van der Waals surface area contributed by atoms with E-state index in [1.165, 1.54) is 23.5 Å². The summed E-state index contributed by atoms with van der Waals surface area (Å²) in [6.07, 6.45) is 3.67. The smallest absolute Gasteiger partial charge is 0.214 e. The van der Waals surface area contributed by atoms with Gasteiger partial charge in [-0.25, -0.2) is 13.9 Å². The molecule has 1 aliphatic carbocycles. The number of halogens is 1. The van der Waals surface area contributed by atoms with Crippen molar-refractivity contribution in [3.8, 4) is 11.3 Å². The molecule has 0 bridgehead atoms. The summed E-state index contributed by atoms with van der Waals surface area (Å²) in [4.78, 5) is 5.35. The van der Waals surface area contributed by atoms with Crippen molar-refractivity contribution >= 4 is 21.4 Å². The largest absolute Gasteiger partial charge is 0.392 e. The molecule has 2 N–H and O–H groups in total. The fraction of sp³-hybridized carbons (Fsp3) is 0.444. The van der Waals surface area contributed by atoms with Gasteiger partial charge in [0.05, 0.1) is 18.0 Å². The molecule has 3 aromatic rings. The zero-order valence-electron chi connectivity index (χ0n) is 14.2. The van der Waals surface area contributed by atoms with E-state index in [1.807, 2.05) is 6.20 Å². The minimum atomic E-state index is -0.283. The highest BCUT2D eigenvalue weighted by molar-refractivity contribution is 7.20. The lowest BCUT2D eigenvalue weighted by Gasteiger charge is -2.25. The maximum atomic E-state index is 13.0. The highest BCUT2D eigenvalue weighted by Gasteiger charge is 2.49. The van der Waals surface area contributed by atoms with Crippen LogP contribution in [0.15, 0.2) is 30.5 Å². The van der Waals surface area contributed by atoms with Crippen LogP contribution >= 0.6 is 11.3 Å². The molecule has 1 atom stereocenters. The number of fused-ring (bicyclic) bond motifs is 1. The van der Waals surface area contributed by atoms with Gasteiger partial charge in [-0.15, -0.1) is 5.10 Å². The van der Waals surface area contributed by atoms with Crippen LogP contribution in [0.4, 0.5) is 9.52 Å². The Balaban J connectivity index is 1.48. The summed E-state index contributed by atoms with van der Waals surface area (Å²) in [5.74, 6) is 0.00292. The average Bonchev–Trinajstić information content (AvgIpc) is 3.13. The third-order valence-electron chi connectivity index (χ3n) is 4.93. The molecule has 1 aliphatic rings. The number of imidazole rings is 1. The van der Waals surface area contributed by atoms with Gasteiger partial charge in [-0.2, -0.15) is 0 Å². The number of rotatable bonds is 6. The molecule has 0 aliphatic heterocycles. The van der Waals surface area contributed by atoms with E-state index in [9.17, 15) is 9.50 Å². The molecule has 25 heavy (non-hydrogen) atoms. The lowest BCUT2D eigenvalue weighted by molar-refractivity contribution is 0.0567. The van der Waals surface area contributed by atoms with Gasteiger partial charge >= 0.3 is 0 Å². The second kappa shape index (κ2) is 6.07. The Morgan fingerprint density at radius 2 is 2.04 bits per heavy atom. The quantitative estimate of drug-likeness (QED) is 0.702. The van der Waals surface area contributed by atoms with Crippen molar-refractivity contribution in [2.45, 2.75) is 32.8 Å². The van der Waals surface area contributed by atoms with E-state index < -0.39 is 0 Å². The Kier molecular flexibility index (Phi) is 4.00. The highest BCUT2D eigenvalue weighted by atomic mass is 32.1. The predicted octanol–water partition coefficient (Wildman–Crippen LogP) is 3.81. The van der Waals surface area contributed by atoms with Crippen molar-refractivity contribution in [1.29, 1.82) is 0 Å². The van der Waals surface area contributed by atoms with Gasteiger partial charge in [0, 0.05) is 17.5 Å². The zero-order valence-corrected chi connectivity index (χ0v) is 15.1. The Hall–Kier alpha value is -1.99. The van der Waals surface area contributed by atoms with Crippen LogP contribution in [0.2, 0.25) is 0 Å². The summed E-state index contributed by atoms with van der Waals surface area (Å²) in [5, 5.41) is 19.1. The van der Waals surface area contributed by atoms with E-state index in [0.717, 1.165) is 40.7 Å². The molecular weight excluding hydrogens is 339 g/mol. The minimum Gasteiger partial charge on any atom is -0.392 e. The number of benzene rings is 1. The SMILES string of the molecule is CC(C)C(O)C1(CNc2nn3cc(-c4ccc(F)cc4)nc3s2)CC1. The molecular formula is C18H21FN4OS. The summed E-state index contributed by atoms with van der Waals surface area (Å²) in [7, 11) is 0. The summed E-state index contributed by atoms with van der Waals surface area (Å²) < 4.78 is 14.8. The van der Waals surface area contributed by atoms with E-state index in [1.54, 1.807) is 16.6 Å². The van der Waals surface area contributed by atoms with Crippen molar-refractivity contribution in [3.05, 3.63) is 36.3 Å². The van der Waals surface area contributed by atoms with E-state index in [2.05, 4.69) is 29.2 Å². The number of aliphatic hydroxyl groups is 1. The monoisotopic (exact) mass is 360 g/mol. The first-order chi connectivity index (χ1) is 12.0. The molecule has 0 spiro atoms. The number of nitrogens with one attached hydrogen (secondary N) is 1. The first-order valence-electron chi connectivity index (χ1n) is 8.51. The molecule has 1 saturated carbocycles. The number of hydrogen-bond donors (Lipinski definition) is 2. The second-order valence-electron chi connectivity index (χ2n) is 7.17. The Morgan fingerprint density at radius 1 is 1.32 bits per heavy atom. The number of aromatic nitrogens is 3. The minimum absolute atomic E-state index is 0.0127. The van der Waals surface area contributed by atoms with Gasteiger partial charge in [-0.05, 0) is 43.0 Å². The standard InChI is InChI=1S/C18H21FN4OS/c1-11(2)15(24)18(7-8-18)10-20-16-22-23-9-14(21-17(23)25-16)12-3-5-13(19)6-4-12/h3-6,9,11,15,24H,7-8,10H2,1-2H3,(H,20,22). The lowest BCUT2D eigenvalue weighted by atomic mass is 9.90. The van der Waals surface area contributed by atoms with Crippen LogP contribution in [0.1, 0.15) is 26.7 Å². The lowest BCUT2D eigenvalue weighted by Crippen LogP contribution is -2.33. The van der Waals surface area contributed by atoms with Crippen molar-refractivity contribution in [2.24, 2.45) is 11.3 Å². The summed E-state index contributed by atoms with van der Waals surface area (Å²) >= 11 is 1.48. The van der Waals surface area contributed by atoms with Gasteiger partial charge < -0.3 is 10.4 Å². The third-order valence-corrected chi connectivity index (χ3v) is 5.81. The number of aliphatic hydroxyl groups excluding tert-OH is 1. The first-order valence-corrected chi connectivity index (χ1v) is 9.33. The molecule has 1 fully saturated rings. The summed E-state index contributed by atoms with van der Waals surface area (Å²) in [6, 6.07) is 6.28. The highest BCUT2D eigenvalue weighted by Crippen LogP contribution is 2.50. The van der Waals surface area contributed by atoms with E-state index in [4.69, 9.17) is 0 Å². The van der Waals surface area contributed by atoms with Crippen molar-refractivity contribution in [1.82, 2.24) is 14.6 Å². The van der Waals surface area contributed by atoms with Crippen molar-refractivity contribution < 1.29 is 9.50 Å². The van der Waals surface area contributed by atoms with Gasteiger partial charge in [-0.1, -0.05) is 25.2 Å². The fourth-order valence-electron chi connectivity index (χ4n) is 3.23. The van der Waals surface area contributed by atoms with Crippen LogP contribution in [0.3, 0.4) is 0 Å². The molecule has 5 nitrogen and oxygen atoms in total. The maximum Gasteiger partial charge on any atom is 0.214 e. The predicted molar refractivity (Wildman–Crippen MR) is 97.3 cm³/mol. The summed E-state index contributed by atoms with van der Waals surface area (Å²) in [5.41, 5.74) is 1.63. The van der Waals surface area contributed by atoms with Crippen LogP contribution < -0.4 is 5.32 Å². The van der Waals surface area contributed by atoms with Crippen LogP contribution in [0.5, 0.6) is 0 Å². The molecule has 132 valence electrons.